The van der Waals surface area contributed by atoms with Gasteiger partial charge in [-0.1, -0.05) is 48.3 Å². The molecule has 188 valence electrons. The number of fused-ring (bicyclic) bond motifs is 1. The van der Waals surface area contributed by atoms with Gasteiger partial charge in [0.25, 0.3) is 5.91 Å². The number of para-hydroxylation sites is 1. The molecule has 4 rings (SSSR count). The van der Waals surface area contributed by atoms with Gasteiger partial charge < -0.3 is 14.8 Å². The van der Waals surface area contributed by atoms with Gasteiger partial charge in [0.05, 0.1) is 34.0 Å². The van der Waals surface area contributed by atoms with Crippen molar-refractivity contribution in [2.45, 2.75) is 13.3 Å². The number of nitrogens with one attached hydrogen (secondary N) is 1. The van der Waals surface area contributed by atoms with Crippen LogP contribution in [0.15, 0.2) is 72.8 Å². The van der Waals surface area contributed by atoms with E-state index in [1.54, 1.807) is 72.8 Å². The number of rotatable bonds is 8. The molecule has 0 saturated heterocycles. The Morgan fingerprint density at radius 1 is 0.892 bits per heavy atom. The third-order valence-corrected chi connectivity index (χ3v) is 5.87. The van der Waals surface area contributed by atoms with E-state index in [4.69, 9.17) is 32.7 Å². The molecule has 4 aromatic rings. The van der Waals surface area contributed by atoms with Crippen molar-refractivity contribution in [3.63, 3.8) is 0 Å². The van der Waals surface area contributed by atoms with Gasteiger partial charge in [-0.25, -0.2) is 14.6 Å². The molecular formula is C28H22Cl2N2O5. The van der Waals surface area contributed by atoms with E-state index in [2.05, 4.69) is 10.3 Å². The SMILES string of the molecule is CCCOC(=O)c1ccc(NC(=O)COC(=O)c2cc(-c3ccc(Cl)cc3Cl)nc3ccccc23)cc1. The molecule has 0 spiro atoms. The Balaban J connectivity index is 1.47. The maximum absolute atomic E-state index is 13.0. The van der Waals surface area contributed by atoms with Gasteiger partial charge in [0.2, 0.25) is 0 Å². The van der Waals surface area contributed by atoms with Gasteiger partial charge in [-0.2, -0.15) is 0 Å². The number of amides is 1. The van der Waals surface area contributed by atoms with Crippen LogP contribution in [0.3, 0.4) is 0 Å². The highest BCUT2D eigenvalue weighted by Gasteiger charge is 2.18. The highest BCUT2D eigenvalue weighted by Crippen LogP contribution is 2.32. The summed E-state index contributed by atoms with van der Waals surface area (Å²) in [5.74, 6) is -1.65. The number of hydrogen-bond donors (Lipinski definition) is 1. The zero-order chi connectivity index (χ0) is 26.4. The zero-order valence-corrected chi connectivity index (χ0v) is 21.3. The van der Waals surface area contributed by atoms with Crippen molar-refractivity contribution < 1.29 is 23.9 Å². The van der Waals surface area contributed by atoms with Crippen LogP contribution in [0.1, 0.15) is 34.1 Å². The van der Waals surface area contributed by atoms with Crippen molar-refractivity contribution in [1.82, 2.24) is 4.98 Å². The second-order valence-corrected chi connectivity index (χ2v) is 8.88. The fraction of sp³-hybridized carbons (Fsp3) is 0.143. The van der Waals surface area contributed by atoms with Crippen LogP contribution in [0.25, 0.3) is 22.2 Å². The van der Waals surface area contributed by atoms with Crippen LogP contribution in [-0.2, 0) is 14.3 Å². The van der Waals surface area contributed by atoms with Crippen molar-refractivity contribution in [2.24, 2.45) is 0 Å². The second kappa shape index (κ2) is 11.9. The van der Waals surface area contributed by atoms with Crippen LogP contribution in [0.4, 0.5) is 5.69 Å². The number of esters is 2. The predicted molar refractivity (Wildman–Crippen MR) is 143 cm³/mol. The largest absolute Gasteiger partial charge is 0.462 e. The Morgan fingerprint density at radius 3 is 2.38 bits per heavy atom. The summed E-state index contributed by atoms with van der Waals surface area (Å²) >= 11 is 12.4. The number of aromatic nitrogens is 1. The third-order valence-electron chi connectivity index (χ3n) is 5.32. The lowest BCUT2D eigenvalue weighted by atomic mass is 10.0. The Bertz CT molecular complexity index is 1470. The number of nitrogens with zero attached hydrogens (tertiary/aromatic N) is 1. The number of anilines is 1. The molecule has 0 unspecified atom stereocenters. The lowest BCUT2D eigenvalue weighted by Gasteiger charge is -2.11. The Kier molecular flexibility index (Phi) is 8.38. The van der Waals surface area contributed by atoms with E-state index in [-0.39, 0.29) is 5.56 Å². The highest BCUT2D eigenvalue weighted by molar-refractivity contribution is 6.36. The molecule has 0 fully saturated rings. The fourth-order valence-electron chi connectivity index (χ4n) is 3.55. The van der Waals surface area contributed by atoms with Crippen LogP contribution in [-0.4, -0.2) is 36.0 Å². The first-order valence-corrected chi connectivity index (χ1v) is 12.2. The molecule has 0 radical (unpaired) electrons. The van der Waals surface area contributed by atoms with E-state index in [1.165, 1.54) is 0 Å². The van der Waals surface area contributed by atoms with Crippen LogP contribution in [0.5, 0.6) is 0 Å². The van der Waals surface area contributed by atoms with Crippen LogP contribution in [0, 0.1) is 0 Å². The van der Waals surface area contributed by atoms with E-state index >= 15 is 0 Å². The molecule has 0 aliphatic rings. The molecule has 1 amide bonds. The van der Waals surface area contributed by atoms with Gasteiger partial charge >= 0.3 is 11.9 Å². The number of benzene rings is 3. The number of hydrogen-bond acceptors (Lipinski definition) is 6. The molecule has 37 heavy (non-hydrogen) atoms. The van der Waals surface area contributed by atoms with Crippen LogP contribution < -0.4 is 5.32 Å². The van der Waals surface area contributed by atoms with Crippen molar-refractivity contribution in [3.8, 4) is 11.3 Å². The Hall–Kier alpha value is -3.94. The lowest BCUT2D eigenvalue weighted by Crippen LogP contribution is -2.21. The van der Waals surface area contributed by atoms with Gasteiger partial charge in [-0.15, -0.1) is 0 Å². The number of carbonyl (C=O) groups excluding carboxylic acids is 3. The molecule has 0 saturated carbocycles. The average Bonchev–Trinajstić information content (AvgIpc) is 2.90. The summed E-state index contributed by atoms with van der Waals surface area (Å²) in [5.41, 5.74) is 2.70. The van der Waals surface area contributed by atoms with Crippen molar-refractivity contribution in [3.05, 3.63) is 94.0 Å². The van der Waals surface area contributed by atoms with Crippen molar-refractivity contribution in [1.29, 1.82) is 0 Å². The molecule has 9 heteroatoms. The van der Waals surface area contributed by atoms with E-state index in [0.717, 1.165) is 6.42 Å². The van der Waals surface area contributed by atoms with Crippen molar-refractivity contribution >= 4 is 57.6 Å². The molecule has 0 aliphatic carbocycles. The highest BCUT2D eigenvalue weighted by atomic mass is 35.5. The topological polar surface area (TPSA) is 94.6 Å². The smallest absolute Gasteiger partial charge is 0.339 e. The summed E-state index contributed by atoms with van der Waals surface area (Å²) in [5, 5.41) is 4.08. The van der Waals surface area contributed by atoms with Crippen molar-refractivity contribution in [2.75, 3.05) is 18.5 Å². The molecule has 0 atom stereocenters. The minimum Gasteiger partial charge on any atom is -0.462 e. The minimum absolute atomic E-state index is 0.245. The summed E-state index contributed by atoms with van der Waals surface area (Å²) in [6.07, 6.45) is 0.726. The number of pyridine rings is 1. The molecular weight excluding hydrogens is 515 g/mol. The maximum Gasteiger partial charge on any atom is 0.339 e. The number of halogens is 2. The monoisotopic (exact) mass is 536 g/mol. The van der Waals surface area contributed by atoms with E-state index in [1.807, 2.05) is 6.92 Å². The fourth-order valence-corrected chi connectivity index (χ4v) is 4.06. The van der Waals surface area contributed by atoms with Crippen LogP contribution >= 0.6 is 23.2 Å². The van der Waals surface area contributed by atoms with E-state index in [0.29, 0.717) is 50.1 Å². The molecule has 1 aromatic heterocycles. The summed E-state index contributed by atoms with van der Waals surface area (Å²) < 4.78 is 10.4. The number of ether oxygens (including phenoxy) is 2. The standard InChI is InChI=1S/C28H22Cl2N2O5/c1-2-13-36-27(34)17-7-10-19(11-8-17)31-26(33)16-37-28(35)22-15-25(21-12-9-18(29)14-23(21)30)32-24-6-4-3-5-20(22)24/h3-12,14-15H,2,13,16H2,1H3,(H,31,33). The molecule has 1 heterocycles. The Morgan fingerprint density at radius 2 is 1.65 bits per heavy atom. The molecule has 7 nitrogen and oxygen atoms in total. The molecule has 3 aromatic carbocycles. The predicted octanol–water partition coefficient (Wildman–Crippen LogP) is 6.57. The molecule has 1 N–H and O–H groups in total. The lowest BCUT2D eigenvalue weighted by molar-refractivity contribution is -0.119. The van der Waals surface area contributed by atoms with Gasteiger partial charge in [0.15, 0.2) is 6.61 Å². The average molecular weight is 537 g/mol. The van der Waals surface area contributed by atoms with Gasteiger partial charge in [0, 0.05) is 21.7 Å². The first kappa shape index (κ1) is 26.1. The van der Waals surface area contributed by atoms with Crippen LogP contribution in [0.2, 0.25) is 10.0 Å². The minimum atomic E-state index is -0.686. The van der Waals surface area contributed by atoms with Gasteiger partial charge in [-0.3, -0.25) is 4.79 Å². The first-order valence-electron chi connectivity index (χ1n) is 11.4. The molecule has 0 bridgehead atoms. The normalized spacial score (nSPS) is 10.7. The zero-order valence-electron chi connectivity index (χ0n) is 19.8. The van der Waals surface area contributed by atoms with Gasteiger partial charge in [0.1, 0.15) is 0 Å². The summed E-state index contributed by atoms with van der Waals surface area (Å²) in [7, 11) is 0. The maximum atomic E-state index is 13.0. The van der Waals surface area contributed by atoms with E-state index in [9.17, 15) is 14.4 Å². The summed E-state index contributed by atoms with van der Waals surface area (Å²) in [6.45, 7) is 1.74. The second-order valence-electron chi connectivity index (χ2n) is 8.03. The summed E-state index contributed by atoms with van der Waals surface area (Å²) in [6, 6.07) is 19.9. The first-order chi connectivity index (χ1) is 17.9. The summed E-state index contributed by atoms with van der Waals surface area (Å²) in [4.78, 5) is 41.9. The molecule has 0 aliphatic heterocycles. The number of carbonyl (C=O) groups is 3. The van der Waals surface area contributed by atoms with Gasteiger partial charge in [-0.05, 0) is 61.0 Å². The van der Waals surface area contributed by atoms with E-state index < -0.39 is 24.5 Å². The third kappa shape index (κ3) is 6.44. The quantitative estimate of drug-likeness (QED) is 0.256. The Labute approximate surface area is 223 Å².